The highest BCUT2D eigenvalue weighted by Crippen LogP contribution is 2.21. The molecular formula is C19H21BrN2O3. The number of amides is 2. The number of hydrogen-bond donors (Lipinski definition) is 2. The smallest absolute Gasteiger partial charge is 0.262 e. The number of hydrogen-bond acceptors (Lipinski definition) is 3. The molecule has 132 valence electrons. The summed E-state index contributed by atoms with van der Waals surface area (Å²) in [6.45, 7) is 5.50. The van der Waals surface area contributed by atoms with E-state index in [0.29, 0.717) is 17.1 Å². The molecule has 2 aromatic rings. The van der Waals surface area contributed by atoms with Crippen LogP contribution in [0.1, 0.15) is 19.4 Å². The summed E-state index contributed by atoms with van der Waals surface area (Å²) in [5, 5.41) is 5.55. The van der Waals surface area contributed by atoms with Gasteiger partial charge in [-0.1, -0.05) is 35.8 Å². The normalized spacial score (nSPS) is 10.4. The number of anilines is 2. The van der Waals surface area contributed by atoms with Crippen LogP contribution in [0.4, 0.5) is 11.4 Å². The molecule has 0 atom stereocenters. The highest BCUT2D eigenvalue weighted by atomic mass is 79.9. The number of halogens is 1. The van der Waals surface area contributed by atoms with Gasteiger partial charge in [0.05, 0.1) is 0 Å². The van der Waals surface area contributed by atoms with Crippen molar-refractivity contribution in [3.05, 3.63) is 52.5 Å². The molecule has 0 aliphatic heterocycles. The van der Waals surface area contributed by atoms with Crippen molar-refractivity contribution in [1.82, 2.24) is 0 Å². The molecule has 0 bridgehead atoms. The molecule has 0 aromatic heterocycles. The molecule has 0 spiro atoms. The lowest BCUT2D eigenvalue weighted by Gasteiger charge is -2.11. The number of carbonyl (C=O) groups is 2. The summed E-state index contributed by atoms with van der Waals surface area (Å²) in [6, 6.07) is 12.5. The molecule has 0 fully saturated rings. The average Bonchev–Trinajstić information content (AvgIpc) is 2.56. The van der Waals surface area contributed by atoms with Crippen LogP contribution in [-0.2, 0) is 9.59 Å². The van der Waals surface area contributed by atoms with E-state index < -0.39 is 0 Å². The number of aryl methyl sites for hydroxylation is 1. The monoisotopic (exact) mass is 404 g/mol. The summed E-state index contributed by atoms with van der Waals surface area (Å²) >= 11 is 3.42. The SMILES string of the molecule is Cc1cc(OCC(=O)Nc2cccc(NC(=O)C(C)C)c2)ccc1Br. The lowest BCUT2D eigenvalue weighted by Crippen LogP contribution is -2.21. The molecule has 2 N–H and O–H groups in total. The van der Waals surface area contributed by atoms with E-state index in [1.54, 1.807) is 30.3 Å². The van der Waals surface area contributed by atoms with Gasteiger partial charge in [-0.3, -0.25) is 9.59 Å². The van der Waals surface area contributed by atoms with E-state index in [0.717, 1.165) is 10.0 Å². The van der Waals surface area contributed by atoms with Gasteiger partial charge in [0.15, 0.2) is 6.61 Å². The van der Waals surface area contributed by atoms with Crippen LogP contribution in [0.25, 0.3) is 0 Å². The van der Waals surface area contributed by atoms with Crippen molar-refractivity contribution in [2.45, 2.75) is 20.8 Å². The highest BCUT2D eigenvalue weighted by molar-refractivity contribution is 9.10. The second-order valence-corrected chi connectivity index (χ2v) is 6.83. The fraction of sp³-hybridized carbons (Fsp3) is 0.263. The van der Waals surface area contributed by atoms with Gasteiger partial charge in [-0.15, -0.1) is 0 Å². The standard InChI is InChI=1S/C19H21BrN2O3/c1-12(2)19(24)22-15-6-4-5-14(10-15)21-18(23)11-25-16-7-8-17(20)13(3)9-16/h4-10,12H,11H2,1-3H3,(H,21,23)(H,22,24). The maximum atomic E-state index is 12.0. The van der Waals surface area contributed by atoms with Gasteiger partial charge in [0, 0.05) is 21.8 Å². The van der Waals surface area contributed by atoms with Crippen LogP contribution in [-0.4, -0.2) is 18.4 Å². The summed E-state index contributed by atoms with van der Waals surface area (Å²) in [6.07, 6.45) is 0. The van der Waals surface area contributed by atoms with Gasteiger partial charge in [0.25, 0.3) is 5.91 Å². The van der Waals surface area contributed by atoms with E-state index >= 15 is 0 Å². The first kappa shape index (κ1) is 19.0. The van der Waals surface area contributed by atoms with Crippen molar-refractivity contribution in [2.75, 3.05) is 17.2 Å². The number of ether oxygens (including phenoxy) is 1. The fourth-order valence-electron chi connectivity index (χ4n) is 2.01. The molecule has 0 heterocycles. The Kier molecular flexibility index (Phi) is 6.58. The Hall–Kier alpha value is -2.34. The van der Waals surface area contributed by atoms with Gasteiger partial charge in [0.2, 0.25) is 5.91 Å². The minimum absolute atomic E-state index is 0.0718. The molecule has 2 amide bonds. The molecule has 0 saturated heterocycles. The van der Waals surface area contributed by atoms with Gasteiger partial charge in [0.1, 0.15) is 5.75 Å². The van der Waals surface area contributed by atoms with Crippen molar-refractivity contribution in [3.63, 3.8) is 0 Å². The van der Waals surface area contributed by atoms with Crippen molar-refractivity contribution < 1.29 is 14.3 Å². The first-order valence-electron chi connectivity index (χ1n) is 7.95. The van der Waals surface area contributed by atoms with E-state index in [1.807, 2.05) is 32.9 Å². The lowest BCUT2D eigenvalue weighted by atomic mass is 10.2. The molecule has 0 saturated carbocycles. The summed E-state index contributed by atoms with van der Waals surface area (Å²) in [7, 11) is 0. The molecule has 0 aliphatic carbocycles. The van der Waals surface area contributed by atoms with Crippen LogP contribution in [0, 0.1) is 12.8 Å². The second-order valence-electron chi connectivity index (χ2n) is 5.97. The Balaban J connectivity index is 1.91. The third-order valence-corrected chi connectivity index (χ3v) is 4.33. The predicted molar refractivity (Wildman–Crippen MR) is 103 cm³/mol. The fourth-order valence-corrected chi connectivity index (χ4v) is 2.26. The van der Waals surface area contributed by atoms with Gasteiger partial charge < -0.3 is 15.4 Å². The molecule has 0 aliphatic rings. The third kappa shape index (κ3) is 5.90. The molecule has 2 aromatic carbocycles. The molecule has 25 heavy (non-hydrogen) atoms. The minimum Gasteiger partial charge on any atom is -0.484 e. The molecule has 0 unspecified atom stereocenters. The number of benzene rings is 2. The summed E-state index contributed by atoms with van der Waals surface area (Å²) < 4.78 is 6.49. The van der Waals surface area contributed by atoms with E-state index in [2.05, 4.69) is 26.6 Å². The number of rotatable bonds is 6. The summed E-state index contributed by atoms with van der Waals surface area (Å²) in [4.78, 5) is 23.8. The number of nitrogens with one attached hydrogen (secondary N) is 2. The molecule has 2 rings (SSSR count). The molecule has 6 heteroatoms. The first-order valence-corrected chi connectivity index (χ1v) is 8.74. The van der Waals surface area contributed by atoms with E-state index in [4.69, 9.17) is 4.74 Å². The quantitative estimate of drug-likeness (QED) is 0.750. The second kappa shape index (κ2) is 8.67. The lowest BCUT2D eigenvalue weighted by molar-refractivity contribution is -0.119. The summed E-state index contributed by atoms with van der Waals surface area (Å²) in [5.41, 5.74) is 2.27. The molecule has 5 nitrogen and oxygen atoms in total. The van der Waals surface area contributed by atoms with Crippen molar-refractivity contribution in [3.8, 4) is 5.75 Å². The van der Waals surface area contributed by atoms with Crippen LogP contribution in [0.15, 0.2) is 46.9 Å². The Morgan fingerprint density at radius 2 is 1.76 bits per heavy atom. The third-order valence-electron chi connectivity index (χ3n) is 3.44. The van der Waals surface area contributed by atoms with Crippen LogP contribution >= 0.6 is 15.9 Å². The summed E-state index contributed by atoms with van der Waals surface area (Å²) in [5.74, 6) is 0.181. The van der Waals surface area contributed by atoms with E-state index in [9.17, 15) is 9.59 Å². The number of carbonyl (C=O) groups excluding carboxylic acids is 2. The van der Waals surface area contributed by atoms with E-state index in [-0.39, 0.29) is 24.3 Å². The van der Waals surface area contributed by atoms with Crippen LogP contribution in [0.3, 0.4) is 0 Å². The van der Waals surface area contributed by atoms with Gasteiger partial charge in [-0.25, -0.2) is 0 Å². The topological polar surface area (TPSA) is 67.4 Å². The maximum Gasteiger partial charge on any atom is 0.262 e. The van der Waals surface area contributed by atoms with Crippen LogP contribution < -0.4 is 15.4 Å². The highest BCUT2D eigenvalue weighted by Gasteiger charge is 2.09. The van der Waals surface area contributed by atoms with E-state index in [1.165, 1.54) is 0 Å². The Bertz CT molecular complexity index is 775. The zero-order valence-corrected chi connectivity index (χ0v) is 16.0. The largest absolute Gasteiger partial charge is 0.484 e. The van der Waals surface area contributed by atoms with Crippen molar-refractivity contribution in [1.29, 1.82) is 0 Å². The van der Waals surface area contributed by atoms with Gasteiger partial charge in [-0.05, 0) is 48.9 Å². The van der Waals surface area contributed by atoms with Gasteiger partial charge in [-0.2, -0.15) is 0 Å². The van der Waals surface area contributed by atoms with Gasteiger partial charge >= 0.3 is 0 Å². The molecular weight excluding hydrogens is 384 g/mol. The average molecular weight is 405 g/mol. The van der Waals surface area contributed by atoms with Crippen LogP contribution in [0.2, 0.25) is 0 Å². The van der Waals surface area contributed by atoms with Crippen molar-refractivity contribution >= 4 is 39.1 Å². The molecule has 0 radical (unpaired) electrons. The predicted octanol–water partition coefficient (Wildman–Crippen LogP) is 4.37. The zero-order chi connectivity index (χ0) is 18.4. The zero-order valence-electron chi connectivity index (χ0n) is 14.4. The maximum absolute atomic E-state index is 12.0. The first-order chi connectivity index (χ1) is 11.8. The minimum atomic E-state index is -0.270. The Labute approximate surface area is 155 Å². The van der Waals surface area contributed by atoms with Crippen molar-refractivity contribution in [2.24, 2.45) is 5.92 Å². The van der Waals surface area contributed by atoms with Crippen LogP contribution in [0.5, 0.6) is 5.75 Å². The Morgan fingerprint density at radius 1 is 1.08 bits per heavy atom. The Morgan fingerprint density at radius 3 is 2.40 bits per heavy atom.